The van der Waals surface area contributed by atoms with Crippen molar-refractivity contribution in [1.29, 1.82) is 0 Å². The number of amides is 3. The van der Waals surface area contributed by atoms with Crippen LogP contribution in [0.4, 0.5) is 4.79 Å². The standard InChI is InChI=1S/C16H29N3O4/c1-4-14(12-23-3)18-16(21)19-9-6-13(7-10-19)15(20)17-8-5-11-22-2/h4,13-14H,1,5-12H2,2-3H3,(H,17,20)(H,18,21). The van der Waals surface area contributed by atoms with Crippen molar-refractivity contribution < 1.29 is 19.1 Å². The monoisotopic (exact) mass is 327 g/mol. The van der Waals surface area contributed by atoms with Crippen LogP contribution < -0.4 is 10.6 Å². The summed E-state index contributed by atoms with van der Waals surface area (Å²) in [5.41, 5.74) is 0. The molecule has 7 heteroatoms. The molecule has 1 atom stereocenters. The van der Waals surface area contributed by atoms with Crippen LogP contribution >= 0.6 is 0 Å². The lowest BCUT2D eigenvalue weighted by atomic mass is 9.96. The zero-order chi connectivity index (χ0) is 17.1. The number of hydrogen-bond donors (Lipinski definition) is 2. The largest absolute Gasteiger partial charge is 0.385 e. The first-order chi connectivity index (χ1) is 11.1. The van der Waals surface area contributed by atoms with E-state index in [1.165, 1.54) is 0 Å². The number of carbonyl (C=O) groups is 2. The summed E-state index contributed by atoms with van der Waals surface area (Å²) in [4.78, 5) is 25.9. The fourth-order valence-corrected chi connectivity index (χ4v) is 2.52. The molecule has 0 radical (unpaired) electrons. The molecule has 1 unspecified atom stereocenters. The van der Waals surface area contributed by atoms with Crippen LogP contribution in [0.25, 0.3) is 0 Å². The number of methoxy groups -OCH3 is 2. The lowest BCUT2D eigenvalue weighted by molar-refractivity contribution is -0.126. The molecule has 23 heavy (non-hydrogen) atoms. The lowest BCUT2D eigenvalue weighted by Gasteiger charge is -2.32. The normalized spacial score (nSPS) is 16.7. The van der Waals surface area contributed by atoms with Gasteiger partial charge in [0.2, 0.25) is 5.91 Å². The highest BCUT2D eigenvalue weighted by molar-refractivity contribution is 5.79. The number of ether oxygens (including phenoxy) is 2. The predicted octanol–water partition coefficient (Wildman–Crippen LogP) is 0.762. The second-order valence-electron chi connectivity index (χ2n) is 5.65. The van der Waals surface area contributed by atoms with Crippen LogP contribution in [0, 0.1) is 5.92 Å². The van der Waals surface area contributed by atoms with Gasteiger partial charge in [-0.25, -0.2) is 4.79 Å². The number of nitrogens with zero attached hydrogens (tertiary/aromatic N) is 1. The molecule has 0 bridgehead atoms. The molecule has 0 aromatic rings. The molecule has 1 aliphatic rings. The van der Waals surface area contributed by atoms with Gasteiger partial charge in [-0.05, 0) is 19.3 Å². The minimum absolute atomic E-state index is 0.0178. The minimum Gasteiger partial charge on any atom is -0.385 e. The first kappa shape index (κ1) is 19.4. The van der Waals surface area contributed by atoms with Gasteiger partial charge in [-0.1, -0.05) is 6.08 Å². The Labute approximate surface area is 138 Å². The molecule has 132 valence electrons. The summed E-state index contributed by atoms with van der Waals surface area (Å²) in [5, 5.41) is 5.78. The van der Waals surface area contributed by atoms with Crippen LogP contribution in [0.15, 0.2) is 12.7 Å². The molecule has 0 aliphatic carbocycles. The molecular formula is C16H29N3O4. The van der Waals surface area contributed by atoms with E-state index in [0.29, 0.717) is 45.7 Å². The Bertz CT molecular complexity index is 382. The highest BCUT2D eigenvalue weighted by atomic mass is 16.5. The Morgan fingerprint density at radius 3 is 2.57 bits per heavy atom. The number of nitrogens with one attached hydrogen (secondary N) is 2. The molecule has 1 heterocycles. The van der Waals surface area contributed by atoms with Gasteiger partial charge in [0.1, 0.15) is 0 Å². The number of urea groups is 1. The highest BCUT2D eigenvalue weighted by Crippen LogP contribution is 2.17. The van der Waals surface area contributed by atoms with Gasteiger partial charge in [0.15, 0.2) is 0 Å². The molecule has 1 saturated heterocycles. The van der Waals surface area contributed by atoms with E-state index in [0.717, 1.165) is 6.42 Å². The summed E-state index contributed by atoms with van der Waals surface area (Å²) >= 11 is 0. The van der Waals surface area contributed by atoms with Gasteiger partial charge in [-0.3, -0.25) is 4.79 Å². The number of rotatable bonds is 9. The maximum atomic E-state index is 12.2. The predicted molar refractivity (Wildman–Crippen MR) is 88.2 cm³/mol. The second-order valence-corrected chi connectivity index (χ2v) is 5.65. The molecule has 3 amide bonds. The van der Waals surface area contributed by atoms with Gasteiger partial charge < -0.3 is 25.0 Å². The van der Waals surface area contributed by atoms with Gasteiger partial charge in [0.05, 0.1) is 12.6 Å². The fourth-order valence-electron chi connectivity index (χ4n) is 2.52. The van der Waals surface area contributed by atoms with Crippen molar-refractivity contribution in [1.82, 2.24) is 15.5 Å². The number of likely N-dealkylation sites (tertiary alicyclic amines) is 1. The zero-order valence-electron chi connectivity index (χ0n) is 14.2. The van der Waals surface area contributed by atoms with Crippen molar-refractivity contribution in [3.63, 3.8) is 0 Å². The summed E-state index contributed by atoms with van der Waals surface area (Å²) in [6.45, 7) is 6.52. The molecule has 0 aromatic heterocycles. The fraction of sp³-hybridized carbons (Fsp3) is 0.750. The molecular weight excluding hydrogens is 298 g/mol. The summed E-state index contributed by atoms with van der Waals surface area (Å²) in [6, 6.07) is -0.333. The average Bonchev–Trinajstić information content (AvgIpc) is 2.58. The number of carbonyl (C=O) groups excluding carboxylic acids is 2. The second kappa shape index (κ2) is 11.0. The molecule has 1 fully saturated rings. The number of hydrogen-bond acceptors (Lipinski definition) is 4. The minimum atomic E-state index is -0.200. The summed E-state index contributed by atoms with van der Waals surface area (Å²) < 4.78 is 9.97. The van der Waals surface area contributed by atoms with Crippen molar-refractivity contribution in [2.24, 2.45) is 5.92 Å². The van der Waals surface area contributed by atoms with E-state index in [4.69, 9.17) is 9.47 Å². The van der Waals surface area contributed by atoms with E-state index in [1.807, 2.05) is 0 Å². The number of piperidine rings is 1. The van der Waals surface area contributed by atoms with E-state index in [9.17, 15) is 9.59 Å². The van der Waals surface area contributed by atoms with Gasteiger partial charge in [-0.15, -0.1) is 6.58 Å². The van der Waals surface area contributed by atoms with Crippen LogP contribution in [-0.4, -0.2) is 69.9 Å². The molecule has 0 saturated carbocycles. The van der Waals surface area contributed by atoms with E-state index < -0.39 is 0 Å². The van der Waals surface area contributed by atoms with Crippen LogP contribution in [0.2, 0.25) is 0 Å². The molecule has 1 rings (SSSR count). The molecule has 2 N–H and O–H groups in total. The molecule has 0 aromatic carbocycles. The van der Waals surface area contributed by atoms with E-state index in [1.54, 1.807) is 25.2 Å². The van der Waals surface area contributed by atoms with Crippen LogP contribution in [0.1, 0.15) is 19.3 Å². The van der Waals surface area contributed by atoms with Crippen LogP contribution in [0.3, 0.4) is 0 Å². The van der Waals surface area contributed by atoms with Gasteiger partial charge in [0, 0.05) is 46.4 Å². The van der Waals surface area contributed by atoms with Gasteiger partial charge in [-0.2, -0.15) is 0 Å². The van der Waals surface area contributed by atoms with Crippen molar-refractivity contribution in [2.45, 2.75) is 25.3 Å². The lowest BCUT2D eigenvalue weighted by Crippen LogP contribution is -2.49. The summed E-state index contributed by atoms with van der Waals surface area (Å²) in [5.74, 6) is 0.0558. The average molecular weight is 327 g/mol. The van der Waals surface area contributed by atoms with Crippen LogP contribution in [-0.2, 0) is 14.3 Å². The third-order valence-electron chi connectivity index (χ3n) is 3.92. The van der Waals surface area contributed by atoms with Crippen LogP contribution in [0.5, 0.6) is 0 Å². The zero-order valence-corrected chi connectivity index (χ0v) is 14.2. The van der Waals surface area contributed by atoms with E-state index in [-0.39, 0.29) is 23.9 Å². The third-order valence-corrected chi connectivity index (χ3v) is 3.92. The quantitative estimate of drug-likeness (QED) is 0.484. The van der Waals surface area contributed by atoms with Crippen molar-refractivity contribution >= 4 is 11.9 Å². The Balaban J connectivity index is 2.29. The molecule has 1 aliphatic heterocycles. The van der Waals surface area contributed by atoms with Crippen molar-refractivity contribution in [2.75, 3.05) is 47.1 Å². The van der Waals surface area contributed by atoms with Crippen molar-refractivity contribution in [3.05, 3.63) is 12.7 Å². The van der Waals surface area contributed by atoms with E-state index in [2.05, 4.69) is 17.2 Å². The molecule has 0 spiro atoms. The molecule has 7 nitrogen and oxygen atoms in total. The van der Waals surface area contributed by atoms with Gasteiger partial charge in [0.25, 0.3) is 0 Å². The summed E-state index contributed by atoms with van der Waals surface area (Å²) in [7, 11) is 3.23. The maximum Gasteiger partial charge on any atom is 0.317 e. The van der Waals surface area contributed by atoms with Crippen molar-refractivity contribution in [3.8, 4) is 0 Å². The summed E-state index contributed by atoms with van der Waals surface area (Å²) in [6.07, 6.45) is 3.84. The highest BCUT2D eigenvalue weighted by Gasteiger charge is 2.27. The Hall–Kier alpha value is -1.60. The smallest absolute Gasteiger partial charge is 0.317 e. The first-order valence-corrected chi connectivity index (χ1v) is 8.06. The SMILES string of the molecule is C=CC(COC)NC(=O)N1CCC(C(=O)NCCCOC)CC1. The van der Waals surface area contributed by atoms with Gasteiger partial charge >= 0.3 is 6.03 Å². The Morgan fingerprint density at radius 1 is 1.30 bits per heavy atom. The van der Waals surface area contributed by atoms with E-state index >= 15 is 0 Å². The topological polar surface area (TPSA) is 79.9 Å². The third kappa shape index (κ3) is 7.00. The Kier molecular flexibility index (Phi) is 9.31. The first-order valence-electron chi connectivity index (χ1n) is 8.06. The maximum absolute atomic E-state index is 12.2. The Morgan fingerprint density at radius 2 is 2.00 bits per heavy atom.